The maximum absolute atomic E-state index is 5.51. The second kappa shape index (κ2) is 7.06. The molecule has 3 aromatic carbocycles. The highest BCUT2D eigenvalue weighted by Gasteiger charge is 2.11. The van der Waals surface area contributed by atoms with Crippen LogP contribution in [0.5, 0.6) is 0 Å². The van der Waals surface area contributed by atoms with E-state index in [9.17, 15) is 0 Å². The Morgan fingerprint density at radius 3 is 2.28 bits per heavy atom. The van der Waals surface area contributed by atoms with Crippen LogP contribution in [0.25, 0.3) is 31.5 Å². The Bertz CT molecular complexity index is 1400. The number of benzene rings is 3. The number of thiophene rings is 1. The first kappa shape index (κ1) is 18.0. The van der Waals surface area contributed by atoms with Crippen molar-refractivity contribution in [3.8, 4) is 0 Å². The van der Waals surface area contributed by atoms with Gasteiger partial charge in [-0.2, -0.15) is 0 Å². The highest BCUT2D eigenvalue weighted by Crippen LogP contribution is 2.34. The topological polar surface area (TPSA) is 49.8 Å². The van der Waals surface area contributed by atoms with Crippen LogP contribution in [0, 0.1) is 13.8 Å². The highest BCUT2D eigenvalue weighted by molar-refractivity contribution is 7.80. The average molecular weight is 415 g/mol. The molecule has 0 amide bonds. The Morgan fingerprint density at radius 2 is 1.52 bits per heavy atom. The highest BCUT2D eigenvalue weighted by atomic mass is 32.1. The number of para-hydroxylation sites is 2. The van der Waals surface area contributed by atoms with Crippen molar-refractivity contribution in [1.29, 1.82) is 0 Å². The summed E-state index contributed by atoms with van der Waals surface area (Å²) in [6, 6.07) is 20.4. The fraction of sp³-hybridized carbons (Fsp3) is 0.0870. The van der Waals surface area contributed by atoms with Gasteiger partial charge in [-0.25, -0.2) is 9.97 Å². The lowest BCUT2D eigenvalue weighted by Gasteiger charge is -2.12. The number of nitrogens with zero attached hydrogens (tertiary/aromatic N) is 2. The quantitative estimate of drug-likeness (QED) is 0.326. The lowest BCUT2D eigenvalue weighted by atomic mass is 10.1. The molecule has 4 nitrogen and oxygen atoms in total. The van der Waals surface area contributed by atoms with Crippen molar-refractivity contribution in [2.24, 2.45) is 0 Å². The van der Waals surface area contributed by atoms with Gasteiger partial charge in [-0.1, -0.05) is 18.2 Å². The Balaban J connectivity index is 1.46. The molecule has 5 aromatic rings. The number of nitrogens with one attached hydrogen (secondary N) is 2. The number of rotatable bonds is 2. The van der Waals surface area contributed by atoms with Crippen LogP contribution in [0.15, 0.2) is 60.7 Å². The number of aryl methyl sites for hydroxylation is 2. The van der Waals surface area contributed by atoms with E-state index in [0.717, 1.165) is 42.8 Å². The van der Waals surface area contributed by atoms with Crippen LogP contribution in [0.2, 0.25) is 0 Å². The summed E-state index contributed by atoms with van der Waals surface area (Å²) in [5, 5.41) is 8.19. The van der Waals surface area contributed by atoms with Crippen molar-refractivity contribution in [2.75, 3.05) is 10.6 Å². The van der Waals surface area contributed by atoms with Gasteiger partial charge >= 0.3 is 0 Å². The van der Waals surface area contributed by atoms with E-state index < -0.39 is 0 Å². The van der Waals surface area contributed by atoms with Crippen molar-refractivity contribution in [3.05, 3.63) is 71.8 Å². The molecule has 0 atom stereocenters. The van der Waals surface area contributed by atoms with Crippen LogP contribution in [0.4, 0.5) is 11.4 Å². The molecule has 0 fully saturated rings. The van der Waals surface area contributed by atoms with Crippen molar-refractivity contribution < 1.29 is 0 Å². The Kier molecular flexibility index (Phi) is 4.38. The normalized spacial score (nSPS) is 11.2. The van der Waals surface area contributed by atoms with Crippen LogP contribution >= 0.6 is 23.6 Å². The average Bonchev–Trinajstić information content (AvgIpc) is 3.06. The minimum atomic E-state index is 0.559. The molecule has 0 aliphatic carbocycles. The van der Waals surface area contributed by atoms with Gasteiger partial charge in [-0.15, -0.1) is 11.3 Å². The van der Waals surface area contributed by atoms with Gasteiger partial charge in [0.15, 0.2) is 5.11 Å². The van der Waals surface area contributed by atoms with Crippen LogP contribution in [-0.2, 0) is 0 Å². The van der Waals surface area contributed by atoms with E-state index >= 15 is 0 Å². The Hall–Kier alpha value is -3.09. The molecular formula is C23H18N4S2. The van der Waals surface area contributed by atoms with Crippen molar-refractivity contribution in [1.82, 2.24) is 9.97 Å². The van der Waals surface area contributed by atoms with E-state index in [1.165, 1.54) is 11.1 Å². The number of hydrogen-bond acceptors (Lipinski definition) is 4. The molecule has 2 aromatic heterocycles. The standard InChI is InChI=1S/C23H18N4S2/c1-13-7-8-15(11-14(13)2)24-23(28)25-16-9-10-20-17(12-16)21-22(29-20)27-19-6-4-3-5-18(19)26-21/h3-12H,1-2H3,(H2,24,25,28). The molecule has 0 aliphatic rings. The largest absolute Gasteiger partial charge is 0.332 e. The molecule has 5 rings (SSSR count). The van der Waals surface area contributed by atoms with Crippen LogP contribution in [0.1, 0.15) is 11.1 Å². The van der Waals surface area contributed by atoms with Crippen molar-refractivity contribution >= 4 is 71.5 Å². The minimum absolute atomic E-state index is 0.559. The van der Waals surface area contributed by atoms with Crippen molar-refractivity contribution in [3.63, 3.8) is 0 Å². The van der Waals surface area contributed by atoms with Gasteiger partial charge in [0.05, 0.1) is 11.0 Å². The van der Waals surface area contributed by atoms with E-state index in [0.29, 0.717) is 5.11 Å². The van der Waals surface area contributed by atoms with E-state index in [-0.39, 0.29) is 0 Å². The first-order valence-corrected chi connectivity index (χ1v) is 10.5. The summed E-state index contributed by atoms with van der Waals surface area (Å²) in [6.07, 6.45) is 0. The summed E-state index contributed by atoms with van der Waals surface area (Å²) in [5.41, 5.74) is 7.15. The third kappa shape index (κ3) is 3.41. The molecular weight excluding hydrogens is 396 g/mol. The molecule has 0 spiro atoms. The van der Waals surface area contributed by atoms with E-state index in [4.69, 9.17) is 22.2 Å². The number of hydrogen-bond donors (Lipinski definition) is 2. The lowest BCUT2D eigenvalue weighted by molar-refractivity contribution is 1.34. The second-order valence-corrected chi connectivity index (χ2v) is 8.50. The summed E-state index contributed by atoms with van der Waals surface area (Å²) in [5.74, 6) is 0. The molecule has 29 heavy (non-hydrogen) atoms. The summed E-state index contributed by atoms with van der Waals surface area (Å²) < 4.78 is 1.16. The number of aromatic nitrogens is 2. The molecule has 2 heterocycles. The Morgan fingerprint density at radius 1 is 0.828 bits per heavy atom. The zero-order valence-corrected chi connectivity index (χ0v) is 17.6. The third-order valence-electron chi connectivity index (χ3n) is 5.00. The zero-order chi connectivity index (χ0) is 20.0. The second-order valence-electron chi connectivity index (χ2n) is 7.06. The van der Waals surface area contributed by atoms with E-state index in [2.05, 4.69) is 48.7 Å². The SMILES string of the molecule is Cc1ccc(NC(=S)Nc2ccc3sc4nc5ccccc5nc4c3c2)cc1C. The molecule has 0 radical (unpaired) electrons. The Labute approximate surface area is 177 Å². The minimum Gasteiger partial charge on any atom is -0.332 e. The molecule has 0 unspecified atom stereocenters. The van der Waals surface area contributed by atoms with Crippen LogP contribution < -0.4 is 10.6 Å². The molecule has 6 heteroatoms. The fourth-order valence-corrected chi connectivity index (χ4v) is 4.57. The van der Waals surface area contributed by atoms with E-state index in [1.807, 2.05) is 36.4 Å². The predicted molar refractivity (Wildman–Crippen MR) is 128 cm³/mol. The maximum Gasteiger partial charge on any atom is 0.175 e. The number of fused-ring (bicyclic) bond motifs is 4. The molecule has 0 bridgehead atoms. The van der Waals surface area contributed by atoms with Crippen LogP contribution in [-0.4, -0.2) is 15.1 Å². The number of thiocarbonyl (C=S) groups is 1. The molecule has 0 aliphatic heterocycles. The van der Waals surface area contributed by atoms with Crippen molar-refractivity contribution in [2.45, 2.75) is 13.8 Å². The smallest absolute Gasteiger partial charge is 0.175 e. The van der Waals surface area contributed by atoms with Gasteiger partial charge in [0.1, 0.15) is 10.3 Å². The van der Waals surface area contributed by atoms with Gasteiger partial charge in [0.25, 0.3) is 0 Å². The zero-order valence-electron chi connectivity index (χ0n) is 16.0. The summed E-state index contributed by atoms with van der Waals surface area (Å²) in [6.45, 7) is 4.19. The first-order valence-electron chi connectivity index (χ1n) is 9.31. The maximum atomic E-state index is 5.51. The monoisotopic (exact) mass is 414 g/mol. The van der Waals surface area contributed by atoms with Gasteiger partial charge in [0.2, 0.25) is 0 Å². The van der Waals surface area contributed by atoms with Crippen LogP contribution in [0.3, 0.4) is 0 Å². The summed E-state index contributed by atoms with van der Waals surface area (Å²) in [4.78, 5) is 10.6. The lowest BCUT2D eigenvalue weighted by Crippen LogP contribution is -2.19. The summed E-state index contributed by atoms with van der Waals surface area (Å²) in [7, 11) is 0. The molecule has 0 saturated carbocycles. The van der Waals surface area contributed by atoms with E-state index in [1.54, 1.807) is 11.3 Å². The summed E-state index contributed by atoms with van der Waals surface area (Å²) >= 11 is 7.17. The molecule has 0 saturated heterocycles. The molecule has 2 N–H and O–H groups in total. The van der Waals surface area contributed by atoms with Gasteiger partial charge < -0.3 is 10.6 Å². The number of anilines is 2. The predicted octanol–water partition coefficient (Wildman–Crippen LogP) is 6.42. The third-order valence-corrected chi connectivity index (χ3v) is 6.26. The van der Waals surface area contributed by atoms with Gasteiger partial charge in [-0.3, -0.25) is 0 Å². The first-order chi connectivity index (χ1) is 14.1. The fourth-order valence-electron chi connectivity index (χ4n) is 3.33. The van der Waals surface area contributed by atoms with Gasteiger partial charge in [-0.05, 0) is 79.7 Å². The molecule has 142 valence electrons. The van der Waals surface area contributed by atoms with Gasteiger partial charge in [0, 0.05) is 21.5 Å².